The number of ether oxygens (including phenoxy) is 6. The van der Waals surface area contributed by atoms with Crippen molar-refractivity contribution in [3.05, 3.63) is 0 Å². The number of nitrogens with zero attached hydrogens (tertiary/aromatic N) is 3. The summed E-state index contributed by atoms with van der Waals surface area (Å²) in [6.45, 7) is 27.0. The standard InChI is InChI=1S/C46H73N3O9/c1-18-20-21-22-23-24-25-54-45(13)27-28(3)34-30(5)36-46(14,58-41(52)49(36)44(11,12)43(9,10)47-34)33(19-2)56-40(51)42(7,8)37(50)31(6)38(45)57-39-35(53-17)32(48(15)16)26-29(4)55-39/h28-33,35-36,38-39H,18-19,22,25-27H2,1-17H3/t28-,29-,30+,31+,32+,33-,35-,36-,38-,39+,45+,46-/m1/s1. The van der Waals surface area contributed by atoms with Gasteiger partial charge >= 0.3 is 12.1 Å². The summed E-state index contributed by atoms with van der Waals surface area (Å²) < 4.78 is 39.4. The van der Waals surface area contributed by atoms with Gasteiger partial charge in [0.05, 0.1) is 41.3 Å². The fraction of sp³-hybridized carbons (Fsp3) is 0.826. The van der Waals surface area contributed by atoms with Gasteiger partial charge in [-0.1, -0.05) is 52.4 Å². The zero-order chi connectivity index (χ0) is 43.8. The topological polar surface area (TPSA) is 125 Å². The van der Waals surface area contributed by atoms with E-state index in [0.717, 1.165) is 18.6 Å². The number of rotatable bonds is 7. The Morgan fingerprint density at radius 1 is 0.914 bits per heavy atom. The van der Waals surface area contributed by atoms with Crippen LogP contribution in [0.15, 0.2) is 4.99 Å². The van der Waals surface area contributed by atoms with Gasteiger partial charge in [0.25, 0.3) is 0 Å². The quantitative estimate of drug-likeness (QED) is 0.153. The highest BCUT2D eigenvalue weighted by Crippen LogP contribution is 2.50. The lowest BCUT2D eigenvalue weighted by Gasteiger charge is -2.49. The van der Waals surface area contributed by atoms with Crippen molar-refractivity contribution in [3.63, 3.8) is 0 Å². The molecule has 1 amide bonds. The maximum Gasteiger partial charge on any atom is 0.411 e. The van der Waals surface area contributed by atoms with E-state index in [4.69, 9.17) is 33.4 Å². The first-order valence-corrected chi connectivity index (χ1v) is 21.3. The highest BCUT2D eigenvalue weighted by atomic mass is 16.7. The molecule has 0 radical (unpaired) electrons. The van der Waals surface area contributed by atoms with Crippen LogP contribution in [0.4, 0.5) is 4.79 Å². The first kappa shape index (κ1) is 47.7. The Hall–Kier alpha value is -3.00. The number of aliphatic imine (C=N–C) groups is 1. The van der Waals surface area contributed by atoms with Crippen LogP contribution >= 0.6 is 0 Å². The van der Waals surface area contributed by atoms with Crippen LogP contribution < -0.4 is 0 Å². The van der Waals surface area contributed by atoms with Gasteiger partial charge in [-0.05, 0) is 102 Å². The average Bonchev–Trinajstić information content (AvgIpc) is 3.40. The lowest BCUT2D eigenvalue weighted by Crippen LogP contribution is -2.64. The maximum atomic E-state index is 15.0. The molecule has 0 aromatic rings. The number of cyclic esters (lactones) is 1. The number of carbonyl (C=O) groups excluding carboxylic acids is 3. The minimum absolute atomic E-state index is 0.0364. The van der Waals surface area contributed by atoms with E-state index in [1.54, 1.807) is 27.9 Å². The van der Waals surface area contributed by atoms with Gasteiger partial charge in [0, 0.05) is 37.1 Å². The third-order valence-electron chi connectivity index (χ3n) is 13.8. The Balaban J connectivity index is 1.99. The van der Waals surface area contributed by atoms with E-state index >= 15 is 4.79 Å². The average molecular weight is 812 g/mol. The van der Waals surface area contributed by atoms with Crippen molar-refractivity contribution in [3.8, 4) is 23.7 Å². The van der Waals surface area contributed by atoms with Crippen molar-refractivity contribution < 1.29 is 42.8 Å². The number of hydrogen-bond donors (Lipinski definition) is 0. The van der Waals surface area contributed by atoms with E-state index in [1.807, 2.05) is 81.3 Å². The second kappa shape index (κ2) is 17.9. The van der Waals surface area contributed by atoms with Crippen LogP contribution in [-0.2, 0) is 38.0 Å². The van der Waals surface area contributed by atoms with Crippen molar-refractivity contribution in [1.82, 2.24) is 9.80 Å². The van der Waals surface area contributed by atoms with Crippen LogP contribution in [0, 0.1) is 46.9 Å². The lowest BCUT2D eigenvalue weighted by molar-refractivity contribution is -0.300. The van der Waals surface area contributed by atoms with Crippen LogP contribution in [-0.4, -0.2) is 126 Å². The molecule has 0 spiro atoms. The second-order valence-corrected chi connectivity index (χ2v) is 19.2. The number of ketones is 1. The number of Topliss-reactive ketones (excluding diaryl/α,β-unsaturated/α-hetero) is 1. The summed E-state index contributed by atoms with van der Waals surface area (Å²) in [6, 6.07) is -0.601. The van der Waals surface area contributed by atoms with Gasteiger partial charge < -0.3 is 33.3 Å². The molecule has 0 N–H and O–H groups in total. The third kappa shape index (κ3) is 8.89. The highest BCUT2D eigenvalue weighted by Gasteiger charge is 2.66. The van der Waals surface area contributed by atoms with Gasteiger partial charge in [0.1, 0.15) is 24.2 Å². The number of hydrogen-bond acceptors (Lipinski definition) is 11. The van der Waals surface area contributed by atoms with Crippen molar-refractivity contribution in [2.75, 3.05) is 27.8 Å². The van der Waals surface area contributed by atoms with Crippen LogP contribution in [0.1, 0.15) is 129 Å². The number of amides is 1. The fourth-order valence-corrected chi connectivity index (χ4v) is 9.84. The summed E-state index contributed by atoms with van der Waals surface area (Å²) in [6.07, 6.45) is -1.28. The number of esters is 1. The molecule has 3 fully saturated rings. The zero-order valence-corrected chi connectivity index (χ0v) is 38.5. The molecule has 0 aliphatic carbocycles. The summed E-state index contributed by atoms with van der Waals surface area (Å²) in [5, 5.41) is 0. The fourth-order valence-electron chi connectivity index (χ4n) is 9.84. The van der Waals surface area contributed by atoms with Crippen LogP contribution in [0.2, 0.25) is 0 Å². The predicted molar refractivity (Wildman–Crippen MR) is 224 cm³/mol. The molecule has 0 aromatic carbocycles. The molecule has 4 aliphatic heterocycles. The molecular weight excluding hydrogens is 739 g/mol. The number of likely N-dealkylation sites (N-methyl/N-ethyl adjacent to an activating group) is 1. The van der Waals surface area contributed by atoms with Gasteiger partial charge in [-0.25, -0.2) is 4.79 Å². The Bertz CT molecular complexity index is 1680. The van der Waals surface area contributed by atoms with Crippen molar-refractivity contribution in [1.29, 1.82) is 0 Å². The summed E-state index contributed by atoms with van der Waals surface area (Å²) in [5.74, 6) is 9.76. The zero-order valence-electron chi connectivity index (χ0n) is 38.5. The molecule has 4 rings (SSSR count). The molecule has 326 valence electrons. The van der Waals surface area contributed by atoms with Crippen molar-refractivity contribution in [2.24, 2.45) is 28.2 Å². The molecule has 0 unspecified atom stereocenters. The summed E-state index contributed by atoms with van der Waals surface area (Å²) >= 11 is 0. The summed E-state index contributed by atoms with van der Waals surface area (Å²) in [4.78, 5) is 53.1. The lowest BCUT2D eigenvalue weighted by atomic mass is 9.71. The smallest absolute Gasteiger partial charge is 0.411 e. The van der Waals surface area contributed by atoms with Gasteiger partial charge in [-0.15, -0.1) is 5.92 Å². The first-order valence-electron chi connectivity index (χ1n) is 21.3. The minimum atomic E-state index is -1.63. The van der Waals surface area contributed by atoms with Crippen molar-refractivity contribution >= 4 is 23.6 Å². The van der Waals surface area contributed by atoms with Crippen LogP contribution in [0.25, 0.3) is 0 Å². The number of methoxy groups -OCH3 is 1. The molecule has 58 heavy (non-hydrogen) atoms. The predicted octanol–water partition coefficient (Wildman–Crippen LogP) is 6.85. The molecule has 3 saturated heterocycles. The van der Waals surface area contributed by atoms with E-state index in [-0.39, 0.29) is 36.4 Å². The Morgan fingerprint density at radius 3 is 2.14 bits per heavy atom. The molecule has 4 heterocycles. The van der Waals surface area contributed by atoms with E-state index < -0.39 is 76.3 Å². The van der Waals surface area contributed by atoms with E-state index in [9.17, 15) is 9.59 Å². The molecule has 2 bridgehead atoms. The van der Waals surface area contributed by atoms with E-state index in [0.29, 0.717) is 19.3 Å². The first-order chi connectivity index (χ1) is 26.9. The monoisotopic (exact) mass is 812 g/mol. The molecule has 12 nitrogen and oxygen atoms in total. The molecular formula is C46H73N3O9. The maximum absolute atomic E-state index is 15.0. The summed E-state index contributed by atoms with van der Waals surface area (Å²) in [5.41, 5.74) is -4.80. The van der Waals surface area contributed by atoms with Gasteiger partial charge in [0.15, 0.2) is 17.7 Å². The molecule has 12 atom stereocenters. The SMILES string of the molecule is CCC#CCC#CCO[C@@]1(C)C[C@@H](C)C2=NC(C)(C)C(C)(C)N3C(=O)O[C@](C)([C@@H](CC)OC(=O)C(C)(C)C(=O)[C@H](C)[C@H]1O[C@@H]1O[C@H](C)C[C@H](N(C)C)[C@H]1OC)[C@H]3[C@H]2C. The van der Waals surface area contributed by atoms with Gasteiger partial charge in [-0.2, -0.15) is 0 Å². The van der Waals surface area contributed by atoms with Crippen molar-refractivity contribution in [2.45, 2.75) is 194 Å². The Labute approximate surface area is 349 Å². The number of carbonyl (C=O) groups is 3. The summed E-state index contributed by atoms with van der Waals surface area (Å²) in [7, 11) is 5.64. The van der Waals surface area contributed by atoms with Gasteiger partial charge in [0.2, 0.25) is 0 Å². The Morgan fingerprint density at radius 2 is 1.55 bits per heavy atom. The molecule has 4 aliphatic rings. The highest BCUT2D eigenvalue weighted by molar-refractivity contribution is 6.04. The second-order valence-electron chi connectivity index (χ2n) is 19.2. The largest absolute Gasteiger partial charge is 0.457 e. The normalized spacial score (nSPS) is 38.6. The number of fused-ring (bicyclic) bond motifs is 1. The van der Waals surface area contributed by atoms with Crippen LogP contribution in [0.3, 0.4) is 0 Å². The Kier molecular flexibility index (Phi) is 14.7. The molecule has 0 saturated carbocycles. The van der Waals surface area contributed by atoms with Gasteiger partial charge in [-0.3, -0.25) is 19.5 Å². The van der Waals surface area contributed by atoms with Crippen LogP contribution in [0.5, 0.6) is 0 Å². The minimum Gasteiger partial charge on any atom is -0.457 e. The van der Waals surface area contributed by atoms with E-state index in [2.05, 4.69) is 42.4 Å². The molecule has 0 aromatic heterocycles. The third-order valence-corrected chi connectivity index (χ3v) is 13.8. The molecule has 12 heteroatoms. The van der Waals surface area contributed by atoms with E-state index in [1.165, 1.54) is 0 Å².